The van der Waals surface area contributed by atoms with Gasteiger partial charge in [-0.2, -0.15) is 5.26 Å². The fourth-order valence-corrected chi connectivity index (χ4v) is 3.82. The monoisotopic (exact) mass is 423 g/mol. The van der Waals surface area contributed by atoms with E-state index in [1.165, 1.54) is 15.9 Å². The Labute approximate surface area is 186 Å². The Bertz CT molecular complexity index is 1240. The van der Waals surface area contributed by atoms with Gasteiger partial charge < -0.3 is 4.90 Å². The van der Waals surface area contributed by atoms with Crippen LogP contribution in [0.3, 0.4) is 0 Å². The molecule has 0 aromatic heterocycles. The second-order valence-corrected chi connectivity index (χ2v) is 7.73. The number of carbonyl (C=O) groups excluding carboxylic acids is 3. The van der Waals surface area contributed by atoms with Crippen LogP contribution >= 0.6 is 0 Å². The summed E-state index contributed by atoms with van der Waals surface area (Å²) in [5, 5.41) is 9.05. The van der Waals surface area contributed by atoms with E-state index in [9.17, 15) is 14.4 Å². The van der Waals surface area contributed by atoms with Crippen molar-refractivity contribution in [3.63, 3.8) is 0 Å². The molecule has 1 heterocycles. The minimum Gasteiger partial charge on any atom is -0.337 e. The summed E-state index contributed by atoms with van der Waals surface area (Å²) >= 11 is 0. The Kier molecular flexibility index (Phi) is 5.82. The topological polar surface area (TPSA) is 81.5 Å². The molecule has 0 spiro atoms. The molecule has 0 bridgehead atoms. The van der Waals surface area contributed by atoms with Crippen molar-refractivity contribution in [1.29, 1.82) is 5.26 Å². The summed E-state index contributed by atoms with van der Waals surface area (Å²) in [4.78, 5) is 41.3. The lowest BCUT2D eigenvalue weighted by atomic mass is 10.0. The van der Waals surface area contributed by atoms with Crippen LogP contribution < -0.4 is 0 Å². The van der Waals surface area contributed by atoms with Crippen LogP contribution in [0.4, 0.5) is 0 Å². The maximum Gasteiger partial charge on any atom is 0.261 e. The molecular weight excluding hydrogens is 402 g/mol. The van der Waals surface area contributed by atoms with E-state index in [1.807, 2.05) is 36.4 Å². The molecule has 158 valence electrons. The zero-order valence-corrected chi connectivity index (χ0v) is 17.6. The summed E-state index contributed by atoms with van der Waals surface area (Å²) in [7, 11) is 1.66. The second-order valence-electron chi connectivity index (χ2n) is 7.73. The first-order chi connectivity index (χ1) is 15.5. The molecule has 0 radical (unpaired) electrons. The molecule has 6 nitrogen and oxygen atoms in total. The first-order valence-corrected chi connectivity index (χ1v) is 10.3. The van der Waals surface area contributed by atoms with Crippen LogP contribution in [-0.2, 0) is 13.0 Å². The highest BCUT2D eigenvalue weighted by Gasteiger charge is 2.35. The third-order valence-electron chi connectivity index (χ3n) is 5.51. The molecule has 3 aromatic carbocycles. The predicted octanol–water partition coefficient (Wildman–Crippen LogP) is 3.67. The summed E-state index contributed by atoms with van der Waals surface area (Å²) in [6.45, 7) is 0.607. The zero-order valence-electron chi connectivity index (χ0n) is 17.6. The number of hydrogen-bond donors (Lipinski definition) is 0. The molecule has 0 atom stereocenters. The van der Waals surface area contributed by atoms with E-state index in [0.29, 0.717) is 29.7 Å². The fourth-order valence-electron chi connectivity index (χ4n) is 3.82. The van der Waals surface area contributed by atoms with Gasteiger partial charge in [0.2, 0.25) is 0 Å². The van der Waals surface area contributed by atoms with Crippen LogP contribution in [0.2, 0.25) is 0 Å². The Morgan fingerprint density at radius 2 is 1.62 bits per heavy atom. The first kappa shape index (κ1) is 21.0. The van der Waals surface area contributed by atoms with E-state index >= 15 is 0 Å². The molecule has 0 fully saturated rings. The summed E-state index contributed by atoms with van der Waals surface area (Å²) in [6, 6.07) is 23.4. The average molecular weight is 423 g/mol. The highest BCUT2D eigenvalue weighted by molar-refractivity contribution is 6.22. The lowest BCUT2D eigenvalue weighted by Gasteiger charge is -2.17. The van der Waals surface area contributed by atoms with Gasteiger partial charge in [0.25, 0.3) is 17.7 Å². The molecule has 0 saturated heterocycles. The van der Waals surface area contributed by atoms with Crippen molar-refractivity contribution in [2.24, 2.45) is 0 Å². The van der Waals surface area contributed by atoms with Gasteiger partial charge in [-0.05, 0) is 47.9 Å². The van der Waals surface area contributed by atoms with Gasteiger partial charge in [0.05, 0.1) is 22.8 Å². The van der Waals surface area contributed by atoms with E-state index in [0.717, 1.165) is 11.1 Å². The van der Waals surface area contributed by atoms with Crippen LogP contribution in [-0.4, -0.2) is 41.1 Å². The quantitative estimate of drug-likeness (QED) is 0.567. The van der Waals surface area contributed by atoms with E-state index in [1.54, 1.807) is 37.4 Å². The third kappa shape index (κ3) is 4.14. The summed E-state index contributed by atoms with van der Waals surface area (Å²) in [5.41, 5.74) is 3.33. The smallest absolute Gasteiger partial charge is 0.261 e. The van der Waals surface area contributed by atoms with Crippen molar-refractivity contribution in [3.8, 4) is 6.07 Å². The van der Waals surface area contributed by atoms with Crippen molar-refractivity contribution < 1.29 is 14.4 Å². The van der Waals surface area contributed by atoms with Gasteiger partial charge >= 0.3 is 0 Å². The van der Waals surface area contributed by atoms with Crippen LogP contribution in [0, 0.1) is 11.3 Å². The largest absolute Gasteiger partial charge is 0.337 e. The van der Waals surface area contributed by atoms with E-state index in [4.69, 9.17) is 5.26 Å². The highest BCUT2D eigenvalue weighted by atomic mass is 16.2. The Hall–Kier alpha value is -4.24. The third-order valence-corrected chi connectivity index (χ3v) is 5.51. The van der Waals surface area contributed by atoms with E-state index in [2.05, 4.69) is 6.07 Å². The fraction of sp³-hybridized carbons (Fsp3) is 0.154. The summed E-state index contributed by atoms with van der Waals surface area (Å²) < 4.78 is 0. The molecule has 0 aliphatic carbocycles. The van der Waals surface area contributed by atoms with Gasteiger partial charge in [-0.1, -0.05) is 42.5 Å². The van der Waals surface area contributed by atoms with Crippen LogP contribution in [0.25, 0.3) is 0 Å². The number of amides is 3. The van der Waals surface area contributed by atoms with E-state index < -0.39 is 0 Å². The van der Waals surface area contributed by atoms with Crippen molar-refractivity contribution in [3.05, 3.63) is 106 Å². The zero-order chi connectivity index (χ0) is 22.7. The maximum absolute atomic E-state index is 12.9. The highest BCUT2D eigenvalue weighted by Crippen LogP contribution is 2.25. The number of imide groups is 1. The second kappa shape index (κ2) is 8.86. The summed E-state index contributed by atoms with van der Waals surface area (Å²) in [5.74, 6) is -0.972. The van der Waals surface area contributed by atoms with Gasteiger partial charge in [0.1, 0.15) is 0 Å². The van der Waals surface area contributed by atoms with Crippen molar-refractivity contribution in [1.82, 2.24) is 9.80 Å². The SMILES string of the molecule is CN(Cc1cccc(C#N)c1)C(=O)c1ccc2c(c1)C(=O)N(CCc1ccccc1)C2=O. The lowest BCUT2D eigenvalue weighted by Crippen LogP contribution is -2.31. The average Bonchev–Trinajstić information content (AvgIpc) is 3.06. The van der Waals surface area contributed by atoms with Crippen molar-refractivity contribution >= 4 is 17.7 Å². The molecule has 3 amide bonds. The molecule has 3 aromatic rings. The van der Waals surface area contributed by atoms with Crippen molar-refractivity contribution in [2.45, 2.75) is 13.0 Å². The van der Waals surface area contributed by atoms with Crippen LogP contribution in [0.15, 0.2) is 72.8 Å². The summed E-state index contributed by atoms with van der Waals surface area (Å²) in [6.07, 6.45) is 0.572. The minimum atomic E-state index is -0.375. The molecular formula is C26H21N3O3. The number of rotatable bonds is 6. The van der Waals surface area contributed by atoms with Crippen LogP contribution in [0.5, 0.6) is 0 Å². The Balaban J connectivity index is 1.49. The number of nitriles is 1. The number of hydrogen-bond acceptors (Lipinski definition) is 4. The van der Waals surface area contributed by atoms with Gasteiger partial charge in [-0.25, -0.2) is 0 Å². The number of benzene rings is 3. The lowest BCUT2D eigenvalue weighted by molar-refractivity contribution is 0.0655. The molecule has 1 aliphatic rings. The Morgan fingerprint density at radius 1 is 0.906 bits per heavy atom. The molecule has 6 heteroatoms. The molecule has 0 saturated carbocycles. The molecule has 32 heavy (non-hydrogen) atoms. The standard InChI is InChI=1S/C26H21N3O3/c1-28(17-20-9-5-8-19(14-20)16-27)24(30)21-10-11-22-23(15-21)26(32)29(25(22)31)13-12-18-6-3-2-4-7-18/h2-11,14-15H,12-13,17H2,1H3. The molecule has 4 rings (SSSR count). The minimum absolute atomic E-state index is 0.258. The van der Waals surface area contributed by atoms with Gasteiger partial charge in [0, 0.05) is 25.7 Å². The number of carbonyl (C=O) groups is 3. The van der Waals surface area contributed by atoms with Gasteiger partial charge in [0.15, 0.2) is 0 Å². The molecule has 0 unspecified atom stereocenters. The Morgan fingerprint density at radius 3 is 2.38 bits per heavy atom. The normalized spacial score (nSPS) is 12.4. The molecule has 0 N–H and O–H groups in total. The van der Waals surface area contributed by atoms with Crippen molar-refractivity contribution in [2.75, 3.05) is 13.6 Å². The van der Waals surface area contributed by atoms with E-state index in [-0.39, 0.29) is 29.8 Å². The van der Waals surface area contributed by atoms with Crippen LogP contribution in [0.1, 0.15) is 47.8 Å². The maximum atomic E-state index is 12.9. The first-order valence-electron chi connectivity index (χ1n) is 10.3. The number of nitrogens with zero attached hydrogens (tertiary/aromatic N) is 3. The van der Waals surface area contributed by atoms with Gasteiger partial charge in [-0.3, -0.25) is 19.3 Å². The molecule has 1 aliphatic heterocycles. The van der Waals surface area contributed by atoms with Gasteiger partial charge in [-0.15, -0.1) is 0 Å². The number of fused-ring (bicyclic) bond motifs is 1. The predicted molar refractivity (Wildman–Crippen MR) is 119 cm³/mol.